The summed E-state index contributed by atoms with van der Waals surface area (Å²) in [4.78, 5) is 11.2. The predicted octanol–water partition coefficient (Wildman–Crippen LogP) is 1.88. The van der Waals surface area contributed by atoms with Crippen molar-refractivity contribution in [2.24, 2.45) is 0 Å². The Labute approximate surface area is 94.7 Å². The maximum absolute atomic E-state index is 13.2. The molecular weight excluding hydrogens is 215 g/mol. The normalized spacial score (nSPS) is 16.1. The van der Waals surface area contributed by atoms with Gasteiger partial charge in [-0.3, -0.25) is 4.79 Å². The number of aliphatic hydroxyl groups is 2. The van der Waals surface area contributed by atoms with Crippen LogP contribution in [0.5, 0.6) is 0 Å². The fourth-order valence-corrected chi connectivity index (χ4v) is 1.03. The first-order chi connectivity index (χ1) is 7.26. The summed E-state index contributed by atoms with van der Waals surface area (Å²) in [6.45, 7) is 5.17. The maximum atomic E-state index is 13.2. The first-order valence-electron chi connectivity index (χ1n) is 5.11. The minimum Gasteiger partial charge on any atom is -0.516 e. The van der Waals surface area contributed by atoms with Crippen LogP contribution in [0.4, 0.5) is 4.39 Å². The number of esters is 1. The Kier molecular flexibility index (Phi) is 6.03. The molecule has 0 amide bonds. The van der Waals surface area contributed by atoms with Crippen LogP contribution in [0.2, 0.25) is 0 Å². The Bertz CT molecular complexity index is 245. The minimum absolute atomic E-state index is 0.102. The molecule has 0 spiro atoms. The second-order valence-corrected chi connectivity index (χ2v) is 4.47. The molecule has 0 heterocycles. The molecule has 2 N–H and O–H groups in total. The number of hydrogen-bond acceptors (Lipinski definition) is 4. The number of aliphatic hydroxyl groups excluding tert-OH is 2. The summed E-state index contributed by atoms with van der Waals surface area (Å²) in [6, 6.07) is 0. The van der Waals surface area contributed by atoms with Gasteiger partial charge in [-0.1, -0.05) is 0 Å². The third-order valence-electron chi connectivity index (χ3n) is 1.70. The lowest BCUT2D eigenvalue weighted by Crippen LogP contribution is -2.26. The zero-order valence-electron chi connectivity index (χ0n) is 9.81. The van der Waals surface area contributed by atoms with Crippen LogP contribution in [-0.2, 0) is 9.53 Å². The highest BCUT2D eigenvalue weighted by Crippen LogP contribution is 2.13. The van der Waals surface area contributed by atoms with E-state index >= 15 is 0 Å². The van der Waals surface area contributed by atoms with Crippen LogP contribution < -0.4 is 0 Å². The van der Waals surface area contributed by atoms with E-state index in [1.807, 2.05) is 0 Å². The molecule has 0 aliphatic heterocycles. The number of carbonyl (C=O) groups is 1. The Morgan fingerprint density at radius 1 is 1.50 bits per heavy atom. The minimum atomic E-state index is -1.59. The van der Waals surface area contributed by atoms with Crippen molar-refractivity contribution in [2.75, 3.05) is 0 Å². The molecule has 0 saturated heterocycles. The third-order valence-corrected chi connectivity index (χ3v) is 1.70. The van der Waals surface area contributed by atoms with Gasteiger partial charge in [-0.15, -0.1) is 0 Å². The fraction of sp³-hybridized carbons (Fsp3) is 0.727. The molecule has 0 bridgehead atoms. The molecule has 0 aromatic rings. The SMILES string of the molecule is CC(C)(C)OC(=O)CCC(F)C(O)C=CO. The molecule has 5 heteroatoms. The highest BCUT2D eigenvalue weighted by molar-refractivity contribution is 5.69. The molecule has 0 aromatic carbocycles. The molecule has 94 valence electrons. The Morgan fingerprint density at radius 2 is 2.06 bits per heavy atom. The van der Waals surface area contributed by atoms with E-state index in [4.69, 9.17) is 14.9 Å². The number of carbonyl (C=O) groups excluding carboxylic acids is 1. The van der Waals surface area contributed by atoms with E-state index in [9.17, 15) is 9.18 Å². The van der Waals surface area contributed by atoms with Gasteiger partial charge in [-0.05, 0) is 33.3 Å². The predicted molar refractivity (Wildman–Crippen MR) is 57.8 cm³/mol. The second-order valence-electron chi connectivity index (χ2n) is 4.47. The van der Waals surface area contributed by atoms with Gasteiger partial charge >= 0.3 is 5.97 Å². The van der Waals surface area contributed by atoms with Gasteiger partial charge in [0.25, 0.3) is 0 Å². The van der Waals surface area contributed by atoms with Crippen molar-refractivity contribution in [1.82, 2.24) is 0 Å². The molecule has 0 rings (SSSR count). The summed E-state index contributed by atoms with van der Waals surface area (Å²) in [7, 11) is 0. The number of halogens is 1. The van der Waals surface area contributed by atoms with E-state index in [-0.39, 0.29) is 12.8 Å². The lowest BCUT2D eigenvalue weighted by atomic mass is 10.1. The summed E-state index contributed by atoms with van der Waals surface area (Å²) >= 11 is 0. The van der Waals surface area contributed by atoms with Crippen LogP contribution in [0.15, 0.2) is 12.3 Å². The summed E-state index contributed by atoms with van der Waals surface area (Å²) < 4.78 is 18.1. The molecule has 0 aliphatic carbocycles. The average molecular weight is 234 g/mol. The number of hydrogen-bond donors (Lipinski definition) is 2. The third kappa shape index (κ3) is 7.23. The van der Waals surface area contributed by atoms with E-state index in [1.54, 1.807) is 20.8 Å². The van der Waals surface area contributed by atoms with Gasteiger partial charge in [-0.2, -0.15) is 0 Å². The Balaban J connectivity index is 3.92. The number of rotatable bonds is 5. The van der Waals surface area contributed by atoms with Crippen LogP contribution in [0, 0.1) is 0 Å². The van der Waals surface area contributed by atoms with Crippen LogP contribution >= 0.6 is 0 Å². The summed E-state index contributed by atoms with van der Waals surface area (Å²) in [6.07, 6.45) is -1.73. The van der Waals surface area contributed by atoms with Crippen LogP contribution in [0.1, 0.15) is 33.6 Å². The summed E-state index contributed by atoms with van der Waals surface area (Å²) in [5.41, 5.74) is -0.591. The van der Waals surface area contributed by atoms with E-state index < -0.39 is 23.8 Å². The molecule has 0 saturated carbocycles. The fourth-order valence-electron chi connectivity index (χ4n) is 1.03. The zero-order valence-corrected chi connectivity index (χ0v) is 9.81. The van der Waals surface area contributed by atoms with E-state index in [2.05, 4.69) is 0 Å². The van der Waals surface area contributed by atoms with Crippen molar-refractivity contribution in [2.45, 2.75) is 51.5 Å². The Hall–Kier alpha value is -1.10. The zero-order chi connectivity index (χ0) is 12.8. The second kappa shape index (κ2) is 6.48. The molecule has 2 unspecified atom stereocenters. The van der Waals surface area contributed by atoms with Crippen LogP contribution in [-0.4, -0.2) is 34.1 Å². The van der Waals surface area contributed by atoms with Crippen molar-refractivity contribution >= 4 is 5.97 Å². The Morgan fingerprint density at radius 3 is 2.50 bits per heavy atom. The van der Waals surface area contributed by atoms with Crippen LogP contribution in [0.25, 0.3) is 0 Å². The van der Waals surface area contributed by atoms with E-state index in [0.29, 0.717) is 6.26 Å². The molecule has 16 heavy (non-hydrogen) atoms. The van der Waals surface area contributed by atoms with E-state index in [0.717, 1.165) is 6.08 Å². The molecular formula is C11H19FO4. The number of ether oxygens (including phenoxy) is 1. The van der Waals surface area contributed by atoms with Gasteiger partial charge in [0.2, 0.25) is 0 Å². The van der Waals surface area contributed by atoms with Crippen molar-refractivity contribution in [1.29, 1.82) is 0 Å². The summed E-state index contributed by atoms with van der Waals surface area (Å²) in [5, 5.41) is 17.4. The van der Waals surface area contributed by atoms with Crippen molar-refractivity contribution in [3.63, 3.8) is 0 Å². The first kappa shape index (κ1) is 14.9. The van der Waals surface area contributed by atoms with Crippen molar-refractivity contribution < 1.29 is 24.1 Å². The first-order valence-corrected chi connectivity index (χ1v) is 5.11. The molecule has 0 aromatic heterocycles. The number of alkyl halides is 1. The average Bonchev–Trinajstić information content (AvgIpc) is 2.11. The highest BCUT2D eigenvalue weighted by Gasteiger charge is 2.20. The van der Waals surface area contributed by atoms with Crippen molar-refractivity contribution in [3.05, 3.63) is 12.3 Å². The molecule has 4 nitrogen and oxygen atoms in total. The van der Waals surface area contributed by atoms with Gasteiger partial charge in [0.05, 0.1) is 6.26 Å². The van der Waals surface area contributed by atoms with E-state index in [1.165, 1.54) is 0 Å². The molecule has 0 aliphatic rings. The lowest BCUT2D eigenvalue weighted by Gasteiger charge is -2.20. The highest BCUT2D eigenvalue weighted by atomic mass is 19.1. The van der Waals surface area contributed by atoms with Crippen LogP contribution in [0.3, 0.4) is 0 Å². The van der Waals surface area contributed by atoms with Crippen molar-refractivity contribution in [3.8, 4) is 0 Å². The largest absolute Gasteiger partial charge is 0.516 e. The molecule has 2 atom stereocenters. The van der Waals surface area contributed by atoms with Gasteiger partial charge in [0.15, 0.2) is 0 Å². The quantitative estimate of drug-likeness (QED) is 0.563. The van der Waals surface area contributed by atoms with Gasteiger partial charge in [0.1, 0.15) is 17.9 Å². The van der Waals surface area contributed by atoms with Gasteiger partial charge in [-0.25, -0.2) is 4.39 Å². The lowest BCUT2D eigenvalue weighted by molar-refractivity contribution is -0.155. The molecule has 0 fully saturated rings. The smallest absolute Gasteiger partial charge is 0.306 e. The molecule has 0 radical (unpaired) electrons. The standard InChI is InChI=1S/C11H19FO4/c1-11(2,3)16-10(15)5-4-8(12)9(14)6-7-13/h6-9,13-14H,4-5H2,1-3H3. The maximum Gasteiger partial charge on any atom is 0.306 e. The van der Waals surface area contributed by atoms with Gasteiger partial charge < -0.3 is 14.9 Å². The monoisotopic (exact) mass is 234 g/mol. The summed E-state index contributed by atoms with van der Waals surface area (Å²) in [5.74, 6) is -0.504. The van der Waals surface area contributed by atoms with Gasteiger partial charge in [0, 0.05) is 6.42 Å². The topological polar surface area (TPSA) is 66.8 Å².